The third-order valence-electron chi connectivity index (χ3n) is 5.84. The van der Waals surface area contributed by atoms with Crippen molar-refractivity contribution < 1.29 is 9.53 Å². The monoisotopic (exact) mass is 434 g/mol. The fourth-order valence-electron chi connectivity index (χ4n) is 3.87. The lowest BCUT2D eigenvalue weighted by molar-refractivity contribution is -0.134. The molecule has 0 N–H and O–H groups in total. The van der Waals surface area contributed by atoms with Crippen LogP contribution in [0.2, 0.25) is 0 Å². The van der Waals surface area contributed by atoms with Crippen LogP contribution in [-0.2, 0) is 4.79 Å². The van der Waals surface area contributed by atoms with Gasteiger partial charge in [0.2, 0.25) is 0 Å². The number of carbonyl (C=O) groups is 1. The average molecular weight is 435 g/mol. The van der Waals surface area contributed by atoms with E-state index in [1.165, 1.54) is 76.2 Å². The number of ether oxygens (including phenoxy) is 1. The Morgan fingerprint density at radius 3 is 1.81 bits per heavy atom. The highest BCUT2D eigenvalue weighted by Gasteiger charge is 2.05. The molecule has 0 aliphatic rings. The van der Waals surface area contributed by atoms with E-state index in [1.54, 1.807) is 0 Å². The summed E-state index contributed by atoms with van der Waals surface area (Å²) in [5.41, 5.74) is 2.29. The zero-order chi connectivity index (χ0) is 22.7. The van der Waals surface area contributed by atoms with E-state index in [-0.39, 0.29) is 5.97 Å². The molecule has 0 spiro atoms. The molecule has 0 saturated heterocycles. The molecule has 0 heterocycles. The number of esters is 1. The Balaban J connectivity index is 1.44. The Morgan fingerprint density at radius 1 is 0.656 bits per heavy atom. The quantitative estimate of drug-likeness (QED) is 0.107. The number of carbonyl (C=O) groups excluding carboxylic acids is 1. The van der Waals surface area contributed by atoms with E-state index in [0.717, 1.165) is 18.4 Å². The highest BCUT2D eigenvalue weighted by molar-refractivity contribution is 5.73. The van der Waals surface area contributed by atoms with Gasteiger partial charge in [0.1, 0.15) is 5.75 Å². The maximum absolute atomic E-state index is 12.1. The third-order valence-corrected chi connectivity index (χ3v) is 5.84. The number of unbranched alkanes of at least 4 members (excludes halogenated alkanes) is 11. The van der Waals surface area contributed by atoms with Crippen molar-refractivity contribution in [3.05, 3.63) is 66.7 Å². The predicted molar refractivity (Wildman–Crippen MR) is 137 cm³/mol. The van der Waals surface area contributed by atoms with E-state index in [1.807, 2.05) is 42.5 Å². The Labute approximate surface area is 196 Å². The first kappa shape index (κ1) is 25.9. The normalized spacial score (nSPS) is 11.2. The Kier molecular flexibility index (Phi) is 14.0. The van der Waals surface area contributed by atoms with Crippen LogP contribution in [-0.4, -0.2) is 5.97 Å². The van der Waals surface area contributed by atoms with Crippen molar-refractivity contribution in [2.24, 2.45) is 0 Å². The molecule has 0 unspecified atom stereocenters. The number of allylic oxidation sites excluding steroid dienone is 2. The molecule has 2 aromatic carbocycles. The van der Waals surface area contributed by atoms with Crippen molar-refractivity contribution in [3.63, 3.8) is 0 Å². The average Bonchev–Trinajstić information content (AvgIpc) is 2.82. The molecule has 0 aliphatic heterocycles. The van der Waals surface area contributed by atoms with Crippen LogP contribution in [0.25, 0.3) is 11.1 Å². The molecule has 0 bridgehead atoms. The zero-order valence-electron chi connectivity index (χ0n) is 20.1. The summed E-state index contributed by atoms with van der Waals surface area (Å²) >= 11 is 0. The van der Waals surface area contributed by atoms with Gasteiger partial charge in [0.05, 0.1) is 0 Å². The molecule has 32 heavy (non-hydrogen) atoms. The van der Waals surface area contributed by atoms with E-state index in [4.69, 9.17) is 4.74 Å². The van der Waals surface area contributed by atoms with Crippen LogP contribution >= 0.6 is 0 Å². The lowest BCUT2D eigenvalue weighted by atomic mass is 10.1. The van der Waals surface area contributed by atoms with Gasteiger partial charge in [-0.15, -0.1) is 0 Å². The topological polar surface area (TPSA) is 26.3 Å². The van der Waals surface area contributed by atoms with Gasteiger partial charge in [-0.05, 0) is 55.4 Å². The maximum atomic E-state index is 12.1. The summed E-state index contributed by atoms with van der Waals surface area (Å²) in [5, 5.41) is 0. The largest absolute Gasteiger partial charge is 0.427 e. The van der Waals surface area contributed by atoms with E-state index in [2.05, 4.69) is 31.2 Å². The lowest BCUT2D eigenvalue weighted by Crippen LogP contribution is -2.07. The smallest absolute Gasteiger partial charge is 0.311 e. The van der Waals surface area contributed by atoms with E-state index >= 15 is 0 Å². The van der Waals surface area contributed by atoms with Gasteiger partial charge in [0, 0.05) is 6.42 Å². The van der Waals surface area contributed by atoms with Gasteiger partial charge in [-0.25, -0.2) is 0 Å². The molecule has 0 amide bonds. The fourth-order valence-corrected chi connectivity index (χ4v) is 3.87. The molecule has 0 fully saturated rings. The molecule has 2 nitrogen and oxygen atoms in total. The van der Waals surface area contributed by atoms with Crippen LogP contribution in [0.4, 0.5) is 0 Å². The number of benzene rings is 2. The van der Waals surface area contributed by atoms with Crippen molar-refractivity contribution in [1.29, 1.82) is 0 Å². The second-order valence-corrected chi connectivity index (χ2v) is 8.70. The molecule has 0 saturated carbocycles. The van der Waals surface area contributed by atoms with Crippen LogP contribution in [0.5, 0.6) is 5.75 Å². The first-order valence-corrected chi connectivity index (χ1v) is 12.8. The molecule has 2 heteroatoms. The third kappa shape index (κ3) is 11.9. The van der Waals surface area contributed by atoms with Gasteiger partial charge >= 0.3 is 5.97 Å². The SMILES string of the molecule is CCCCCCCC/C=C\CCCCCCCC(=O)Oc1ccc(-c2ccccc2)cc1. The highest BCUT2D eigenvalue weighted by atomic mass is 16.5. The Bertz CT molecular complexity index is 746. The van der Waals surface area contributed by atoms with Crippen molar-refractivity contribution in [3.8, 4) is 16.9 Å². The first-order valence-electron chi connectivity index (χ1n) is 12.8. The van der Waals surface area contributed by atoms with E-state index in [9.17, 15) is 4.79 Å². The molecular weight excluding hydrogens is 392 g/mol. The second kappa shape index (κ2) is 17.2. The number of hydrogen-bond acceptors (Lipinski definition) is 2. The molecule has 0 aliphatic carbocycles. The van der Waals surface area contributed by atoms with Crippen LogP contribution in [0.3, 0.4) is 0 Å². The minimum atomic E-state index is -0.130. The lowest BCUT2D eigenvalue weighted by Gasteiger charge is -2.06. The summed E-state index contributed by atoms with van der Waals surface area (Å²) in [7, 11) is 0. The van der Waals surface area contributed by atoms with Crippen molar-refractivity contribution in [2.45, 2.75) is 96.8 Å². The molecule has 0 atom stereocenters. The Morgan fingerprint density at radius 2 is 1.19 bits per heavy atom. The van der Waals surface area contributed by atoms with Gasteiger partial charge in [0.25, 0.3) is 0 Å². The van der Waals surface area contributed by atoms with E-state index in [0.29, 0.717) is 12.2 Å². The standard InChI is InChI=1S/C30H42O2/c1-2-3-4-5-6-7-8-9-10-11-12-13-14-15-19-22-30(31)32-29-25-23-28(24-26-29)27-20-17-16-18-21-27/h9-10,16-18,20-21,23-26H,2-8,11-15,19,22H2,1H3/b10-9-. The maximum Gasteiger partial charge on any atom is 0.311 e. The van der Waals surface area contributed by atoms with Crippen molar-refractivity contribution in [1.82, 2.24) is 0 Å². The second-order valence-electron chi connectivity index (χ2n) is 8.70. The van der Waals surface area contributed by atoms with Gasteiger partial charge in [-0.3, -0.25) is 4.79 Å². The van der Waals surface area contributed by atoms with Gasteiger partial charge < -0.3 is 4.74 Å². The molecule has 0 radical (unpaired) electrons. The predicted octanol–water partition coefficient (Wildman–Crippen LogP) is 9.30. The molecule has 2 aromatic rings. The number of hydrogen-bond donors (Lipinski definition) is 0. The summed E-state index contributed by atoms with van der Waals surface area (Å²) in [6.45, 7) is 2.27. The van der Waals surface area contributed by atoms with Crippen molar-refractivity contribution >= 4 is 5.97 Å². The molecule has 2 rings (SSSR count). The van der Waals surface area contributed by atoms with Crippen LogP contribution in [0.1, 0.15) is 96.8 Å². The summed E-state index contributed by atoms with van der Waals surface area (Å²) in [4.78, 5) is 12.1. The molecule has 174 valence electrons. The summed E-state index contributed by atoms with van der Waals surface area (Å²) in [5.74, 6) is 0.498. The molecule has 0 aromatic heterocycles. The zero-order valence-corrected chi connectivity index (χ0v) is 20.1. The minimum absolute atomic E-state index is 0.130. The van der Waals surface area contributed by atoms with Crippen LogP contribution in [0.15, 0.2) is 66.7 Å². The molecular formula is C30H42O2. The van der Waals surface area contributed by atoms with E-state index < -0.39 is 0 Å². The van der Waals surface area contributed by atoms with Gasteiger partial charge in [-0.1, -0.05) is 113 Å². The van der Waals surface area contributed by atoms with Crippen LogP contribution < -0.4 is 4.74 Å². The Hall–Kier alpha value is -2.35. The fraction of sp³-hybridized carbons (Fsp3) is 0.500. The summed E-state index contributed by atoms with van der Waals surface area (Å²) in [6, 6.07) is 18.0. The highest BCUT2D eigenvalue weighted by Crippen LogP contribution is 2.22. The van der Waals surface area contributed by atoms with Crippen molar-refractivity contribution in [2.75, 3.05) is 0 Å². The summed E-state index contributed by atoms with van der Waals surface area (Å²) < 4.78 is 5.48. The van der Waals surface area contributed by atoms with Crippen LogP contribution in [0, 0.1) is 0 Å². The van der Waals surface area contributed by atoms with Gasteiger partial charge in [0.15, 0.2) is 0 Å². The summed E-state index contributed by atoms with van der Waals surface area (Å²) in [6.07, 6.45) is 21.6. The minimum Gasteiger partial charge on any atom is -0.427 e. The number of rotatable bonds is 17. The van der Waals surface area contributed by atoms with Gasteiger partial charge in [-0.2, -0.15) is 0 Å². The first-order chi connectivity index (χ1) is 15.8.